The van der Waals surface area contributed by atoms with Gasteiger partial charge in [-0.25, -0.2) is 8.78 Å². The molecule has 0 unspecified atom stereocenters. The van der Waals surface area contributed by atoms with Crippen molar-refractivity contribution in [2.75, 3.05) is 19.7 Å². The first-order chi connectivity index (χ1) is 9.61. The van der Waals surface area contributed by atoms with Gasteiger partial charge in [0, 0.05) is 12.1 Å². The molecule has 0 fully saturated rings. The van der Waals surface area contributed by atoms with Gasteiger partial charge in [-0.15, -0.1) is 0 Å². The number of carbonyl (C=O) groups is 1. The van der Waals surface area contributed by atoms with Gasteiger partial charge >= 0.3 is 0 Å². The Balaban J connectivity index is 2.28. The molecule has 0 aliphatic rings. The zero-order valence-electron chi connectivity index (χ0n) is 10.8. The summed E-state index contributed by atoms with van der Waals surface area (Å²) in [7, 11) is 0. The van der Waals surface area contributed by atoms with Crippen molar-refractivity contribution in [2.24, 2.45) is 0 Å². The largest absolute Gasteiger partial charge is 0.395 e. The number of hydrogen-bond acceptors (Lipinski definition) is 2. The molecule has 0 spiro atoms. The fourth-order valence-electron chi connectivity index (χ4n) is 2.07. The lowest BCUT2D eigenvalue weighted by Gasteiger charge is -2.21. The van der Waals surface area contributed by atoms with Crippen molar-refractivity contribution in [1.82, 2.24) is 4.90 Å². The number of carbonyl (C=O) groups excluding carboxylic acids is 1. The normalized spacial score (nSPS) is 11.0. The van der Waals surface area contributed by atoms with E-state index in [2.05, 4.69) is 0 Å². The third kappa shape index (κ3) is 3.30. The SMILES string of the molecule is O=C(c1ccc2ccccc2c1)N(CCO)CC(F)F. The molecule has 2 rings (SSSR count). The van der Waals surface area contributed by atoms with E-state index < -0.39 is 18.9 Å². The summed E-state index contributed by atoms with van der Waals surface area (Å²) in [6, 6.07) is 12.6. The van der Waals surface area contributed by atoms with E-state index in [1.807, 2.05) is 24.3 Å². The Morgan fingerprint density at radius 1 is 1.15 bits per heavy atom. The fraction of sp³-hybridized carbons (Fsp3) is 0.267. The molecule has 2 aromatic rings. The molecule has 0 heterocycles. The Labute approximate surface area is 115 Å². The molecule has 0 bridgehead atoms. The van der Waals surface area contributed by atoms with Crippen LogP contribution in [0.15, 0.2) is 42.5 Å². The van der Waals surface area contributed by atoms with Gasteiger partial charge in [0.15, 0.2) is 0 Å². The van der Waals surface area contributed by atoms with Crippen molar-refractivity contribution in [3.8, 4) is 0 Å². The molecule has 0 aliphatic carbocycles. The minimum atomic E-state index is -2.62. The first-order valence-electron chi connectivity index (χ1n) is 6.29. The first kappa shape index (κ1) is 14.4. The van der Waals surface area contributed by atoms with Crippen LogP contribution in [0.25, 0.3) is 10.8 Å². The van der Waals surface area contributed by atoms with Crippen molar-refractivity contribution in [3.63, 3.8) is 0 Å². The number of fused-ring (bicyclic) bond motifs is 1. The van der Waals surface area contributed by atoms with Gasteiger partial charge in [0.25, 0.3) is 12.3 Å². The average Bonchev–Trinajstić information content (AvgIpc) is 2.45. The van der Waals surface area contributed by atoms with Crippen molar-refractivity contribution in [3.05, 3.63) is 48.0 Å². The summed E-state index contributed by atoms with van der Waals surface area (Å²) in [4.78, 5) is 13.2. The number of halogens is 2. The molecule has 1 N–H and O–H groups in total. The van der Waals surface area contributed by atoms with Crippen LogP contribution in [0.3, 0.4) is 0 Å². The summed E-state index contributed by atoms with van der Waals surface area (Å²) < 4.78 is 24.9. The Bertz CT molecular complexity index is 601. The third-order valence-corrected chi connectivity index (χ3v) is 3.01. The van der Waals surface area contributed by atoms with Crippen molar-refractivity contribution >= 4 is 16.7 Å². The van der Waals surface area contributed by atoms with Crippen LogP contribution in [0.1, 0.15) is 10.4 Å². The standard InChI is InChI=1S/C15H15F2NO2/c16-14(17)10-18(7-8-19)15(20)13-6-5-11-3-1-2-4-12(11)9-13/h1-6,9,14,19H,7-8,10H2. The van der Waals surface area contributed by atoms with E-state index in [0.29, 0.717) is 5.56 Å². The lowest BCUT2D eigenvalue weighted by molar-refractivity contribution is 0.0509. The molecule has 2 aromatic carbocycles. The Hall–Kier alpha value is -2.01. The topological polar surface area (TPSA) is 40.5 Å². The molecular formula is C15H15F2NO2. The molecule has 0 radical (unpaired) electrons. The molecule has 0 aromatic heterocycles. The van der Waals surface area contributed by atoms with E-state index in [1.54, 1.807) is 18.2 Å². The maximum Gasteiger partial charge on any atom is 0.255 e. The highest BCUT2D eigenvalue weighted by Crippen LogP contribution is 2.17. The Morgan fingerprint density at radius 3 is 2.50 bits per heavy atom. The van der Waals surface area contributed by atoms with Gasteiger partial charge in [-0.3, -0.25) is 4.79 Å². The number of rotatable bonds is 5. The zero-order valence-corrected chi connectivity index (χ0v) is 10.8. The number of alkyl halides is 2. The number of hydrogen-bond donors (Lipinski definition) is 1. The van der Waals surface area contributed by atoms with Crippen LogP contribution in [0, 0.1) is 0 Å². The monoisotopic (exact) mass is 279 g/mol. The predicted octanol–water partition coefficient (Wildman–Crippen LogP) is 2.54. The van der Waals surface area contributed by atoms with Crippen LogP contribution in [0.2, 0.25) is 0 Å². The molecular weight excluding hydrogens is 264 g/mol. The van der Waals surface area contributed by atoms with E-state index in [9.17, 15) is 13.6 Å². The lowest BCUT2D eigenvalue weighted by atomic mass is 10.1. The highest BCUT2D eigenvalue weighted by Gasteiger charge is 2.19. The van der Waals surface area contributed by atoms with Gasteiger partial charge in [-0.2, -0.15) is 0 Å². The summed E-state index contributed by atoms with van der Waals surface area (Å²) in [5.74, 6) is -0.495. The lowest BCUT2D eigenvalue weighted by Crippen LogP contribution is -2.37. The van der Waals surface area contributed by atoms with Crippen LogP contribution in [0.5, 0.6) is 0 Å². The third-order valence-electron chi connectivity index (χ3n) is 3.01. The fourth-order valence-corrected chi connectivity index (χ4v) is 2.07. The first-order valence-corrected chi connectivity index (χ1v) is 6.29. The van der Waals surface area contributed by atoms with Crippen LogP contribution in [-0.4, -0.2) is 42.0 Å². The van der Waals surface area contributed by atoms with Gasteiger partial charge in [-0.1, -0.05) is 30.3 Å². The number of nitrogens with zero attached hydrogens (tertiary/aromatic N) is 1. The summed E-state index contributed by atoms with van der Waals surface area (Å²) >= 11 is 0. The van der Waals surface area contributed by atoms with Gasteiger partial charge in [-0.05, 0) is 22.9 Å². The smallest absolute Gasteiger partial charge is 0.255 e. The second-order valence-corrected chi connectivity index (χ2v) is 4.43. The van der Waals surface area contributed by atoms with Crippen LogP contribution in [-0.2, 0) is 0 Å². The maximum atomic E-state index is 12.5. The van der Waals surface area contributed by atoms with Gasteiger partial charge in [0.2, 0.25) is 0 Å². The minimum absolute atomic E-state index is 0.101. The van der Waals surface area contributed by atoms with Crippen LogP contribution in [0.4, 0.5) is 8.78 Å². The molecule has 0 aliphatic heterocycles. The Kier molecular flexibility index (Phi) is 4.63. The molecule has 0 saturated carbocycles. The number of amides is 1. The number of aliphatic hydroxyl groups excluding tert-OH is 1. The van der Waals surface area contributed by atoms with E-state index in [1.165, 1.54) is 0 Å². The summed E-state index contributed by atoms with van der Waals surface area (Å²) in [6.45, 7) is -1.12. The summed E-state index contributed by atoms with van der Waals surface area (Å²) in [5.41, 5.74) is 0.345. The molecule has 1 amide bonds. The van der Waals surface area contributed by atoms with Gasteiger partial charge < -0.3 is 10.0 Å². The van der Waals surface area contributed by atoms with Gasteiger partial charge in [0.05, 0.1) is 13.2 Å². The van der Waals surface area contributed by atoms with Crippen LogP contribution < -0.4 is 0 Å². The molecule has 5 heteroatoms. The van der Waals surface area contributed by atoms with E-state index in [0.717, 1.165) is 15.7 Å². The van der Waals surface area contributed by atoms with Crippen molar-refractivity contribution < 1.29 is 18.7 Å². The highest BCUT2D eigenvalue weighted by molar-refractivity contribution is 5.98. The second-order valence-electron chi connectivity index (χ2n) is 4.43. The quantitative estimate of drug-likeness (QED) is 0.913. The Morgan fingerprint density at radius 2 is 1.85 bits per heavy atom. The number of aliphatic hydroxyl groups is 1. The van der Waals surface area contributed by atoms with Crippen molar-refractivity contribution in [2.45, 2.75) is 6.43 Å². The number of benzene rings is 2. The second kappa shape index (κ2) is 6.43. The predicted molar refractivity (Wildman–Crippen MR) is 72.9 cm³/mol. The summed E-state index contributed by atoms with van der Waals surface area (Å²) in [6.07, 6.45) is -2.62. The molecule has 0 saturated heterocycles. The van der Waals surface area contributed by atoms with Crippen LogP contribution >= 0.6 is 0 Å². The molecule has 20 heavy (non-hydrogen) atoms. The minimum Gasteiger partial charge on any atom is -0.395 e. The highest BCUT2D eigenvalue weighted by atomic mass is 19.3. The summed E-state index contributed by atoms with van der Waals surface area (Å²) in [5, 5.41) is 10.7. The molecule has 106 valence electrons. The zero-order chi connectivity index (χ0) is 14.5. The van der Waals surface area contributed by atoms with E-state index in [4.69, 9.17) is 5.11 Å². The average molecular weight is 279 g/mol. The van der Waals surface area contributed by atoms with Gasteiger partial charge in [0.1, 0.15) is 0 Å². The molecule has 3 nitrogen and oxygen atoms in total. The van der Waals surface area contributed by atoms with E-state index >= 15 is 0 Å². The van der Waals surface area contributed by atoms with Crippen molar-refractivity contribution in [1.29, 1.82) is 0 Å². The molecule has 0 atom stereocenters. The maximum absolute atomic E-state index is 12.5. The van der Waals surface area contributed by atoms with E-state index in [-0.39, 0.29) is 13.2 Å².